The third-order valence-corrected chi connectivity index (χ3v) is 3.81. The van der Waals surface area contributed by atoms with Crippen molar-refractivity contribution in [2.45, 2.75) is 19.6 Å². The van der Waals surface area contributed by atoms with Crippen molar-refractivity contribution in [3.8, 4) is 0 Å². The van der Waals surface area contributed by atoms with Gasteiger partial charge in [0.15, 0.2) is 5.13 Å². The summed E-state index contributed by atoms with van der Waals surface area (Å²) in [6, 6.07) is 0. The van der Waals surface area contributed by atoms with Crippen LogP contribution in [0.2, 0.25) is 0 Å². The highest BCUT2D eigenvalue weighted by molar-refractivity contribution is 7.15. The molecule has 1 aromatic rings. The molecule has 102 valence electrons. The van der Waals surface area contributed by atoms with Crippen LogP contribution in [-0.2, 0) is 19.9 Å². The van der Waals surface area contributed by atoms with Crippen molar-refractivity contribution in [2.24, 2.45) is 0 Å². The van der Waals surface area contributed by atoms with E-state index in [0.29, 0.717) is 11.7 Å². The first-order chi connectivity index (χ1) is 9.17. The second-order valence-corrected chi connectivity index (χ2v) is 5.82. The van der Waals surface area contributed by atoms with Crippen LogP contribution in [0.4, 0.5) is 5.13 Å². The Bertz CT molecular complexity index is 427. The van der Waals surface area contributed by atoms with E-state index in [1.54, 1.807) is 0 Å². The molecule has 1 saturated heterocycles. The van der Waals surface area contributed by atoms with Gasteiger partial charge in [-0.05, 0) is 0 Å². The number of hydrogen-bond donors (Lipinski definition) is 1. The van der Waals surface area contributed by atoms with Crippen molar-refractivity contribution < 1.29 is 13.3 Å². The standard InChI is InChI=1S/C11H16N3O3S.Al/c1-8(16)13-11-12-4-10(18-11)6-14-2-3-17-9(5-14)7-15;/h4,9H,2-3,5-7H2,1H3,(H,12,13,16);/q-1;+1/t9-;/m0./s1. The van der Waals surface area contributed by atoms with Crippen LogP contribution in [-0.4, -0.2) is 64.8 Å². The number of ether oxygens (including phenoxy) is 1. The molecular formula is C11H16AlN3O3S. The number of amides is 1. The number of rotatable bonds is 5. The number of carbonyl (C=O) groups excluding carboxylic acids is 1. The minimum atomic E-state index is -0.0927. The van der Waals surface area contributed by atoms with E-state index in [9.17, 15) is 4.79 Å². The van der Waals surface area contributed by atoms with Crippen molar-refractivity contribution >= 4 is 39.0 Å². The minimum Gasteiger partial charge on any atom is -0.514 e. The molecule has 1 fully saturated rings. The fourth-order valence-corrected chi connectivity index (χ4v) is 3.06. The average molecular weight is 297 g/mol. The molecule has 1 N–H and O–H groups in total. The van der Waals surface area contributed by atoms with Crippen molar-refractivity contribution in [1.82, 2.24) is 9.88 Å². The number of morpholine rings is 1. The predicted octanol–water partition coefficient (Wildman–Crippen LogP) is 0.402. The van der Waals surface area contributed by atoms with Crippen LogP contribution in [0.3, 0.4) is 0 Å². The Balaban J connectivity index is 1.86. The molecule has 2 rings (SSSR count). The van der Waals surface area contributed by atoms with Gasteiger partial charge in [-0.15, -0.1) is 11.3 Å². The van der Waals surface area contributed by atoms with Crippen LogP contribution in [0.15, 0.2) is 6.20 Å². The van der Waals surface area contributed by atoms with Crippen LogP contribution in [0.25, 0.3) is 0 Å². The number of thiazole rings is 1. The summed E-state index contributed by atoms with van der Waals surface area (Å²) in [6.45, 7) is 5.37. The molecule has 0 unspecified atom stereocenters. The van der Waals surface area contributed by atoms with Crippen LogP contribution < -0.4 is 5.32 Å². The largest absolute Gasteiger partial charge is 0.514 e. The molecule has 8 heteroatoms. The maximum absolute atomic E-state index is 10.9. The highest BCUT2D eigenvalue weighted by atomic mass is 32.1. The molecular weight excluding hydrogens is 281 g/mol. The Kier molecular flexibility index (Phi) is 5.76. The number of anilines is 1. The van der Waals surface area contributed by atoms with Crippen LogP contribution in [0, 0.1) is 0 Å². The molecule has 0 aromatic carbocycles. The maximum Gasteiger partial charge on any atom is 0.369 e. The SMILES string of the molecule is CC(=O)Nc1ncc(CN2CCO[C@H](C[O][Al])C2)s1. The van der Waals surface area contributed by atoms with Gasteiger partial charge in [-0.3, -0.25) is 9.69 Å². The molecule has 6 nitrogen and oxygen atoms in total. The molecule has 0 bridgehead atoms. The lowest BCUT2D eigenvalue weighted by Gasteiger charge is -2.32. The predicted molar refractivity (Wildman–Crippen MR) is 73.1 cm³/mol. The summed E-state index contributed by atoms with van der Waals surface area (Å²) >= 11 is 3.76. The monoisotopic (exact) mass is 297 g/mol. The summed E-state index contributed by atoms with van der Waals surface area (Å²) in [5, 5.41) is 3.35. The summed E-state index contributed by atoms with van der Waals surface area (Å²) < 4.78 is 10.6. The zero-order valence-corrected chi connectivity index (χ0v) is 12.8. The molecule has 19 heavy (non-hydrogen) atoms. The van der Waals surface area contributed by atoms with Gasteiger partial charge in [-0.25, -0.2) is 4.98 Å². The van der Waals surface area contributed by atoms with E-state index in [0.717, 1.165) is 31.1 Å². The highest BCUT2D eigenvalue weighted by Gasteiger charge is 2.20. The normalized spacial score (nSPS) is 20.4. The first-order valence-electron chi connectivity index (χ1n) is 6.05. The third kappa shape index (κ3) is 4.84. The van der Waals surface area contributed by atoms with Gasteiger partial charge in [0.1, 0.15) is 0 Å². The number of nitrogens with zero attached hydrogens (tertiary/aromatic N) is 2. The van der Waals surface area contributed by atoms with Crippen LogP contribution in [0.1, 0.15) is 11.8 Å². The summed E-state index contributed by atoms with van der Waals surface area (Å²) in [4.78, 5) is 18.6. The average Bonchev–Trinajstić information content (AvgIpc) is 2.76. The molecule has 0 spiro atoms. The Hall–Kier alpha value is -0.488. The van der Waals surface area contributed by atoms with Gasteiger partial charge in [0.2, 0.25) is 5.91 Å². The van der Waals surface area contributed by atoms with Gasteiger partial charge in [0.25, 0.3) is 0 Å². The fraction of sp³-hybridized carbons (Fsp3) is 0.636. The molecule has 0 saturated carbocycles. The molecule has 0 aliphatic carbocycles. The molecule has 2 radical (unpaired) electrons. The van der Waals surface area contributed by atoms with E-state index < -0.39 is 0 Å². The fourth-order valence-electron chi connectivity index (χ4n) is 1.94. The second kappa shape index (κ2) is 7.34. The lowest BCUT2D eigenvalue weighted by Crippen LogP contribution is -2.43. The van der Waals surface area contributed by atoms with Gasteiger partial charge >= 0.3 is 16.6 Å². The van der Waals surface area contributed by atoms with Gasteiger partial charge in [0.05, 0.1) is 12.7 Å². The van der Waals surface area contributed by atoms with E-state index in [-0.39, 0.29) is 12.0 Å². The number of hydrogen-bond acceptors (Lipinski definition) is 6. The molecule has 1 atom stereocenters. The van der Waals surface area contributed by atoms with E-state index in [4.69, 9.17) is 8.53 Å². The van der Waals surface area contributed by atoms with E-state index in [1.807, 2.05) is 6.20 Å². The van der Waals surface area contributed by atoms with Gasteiger partial charge in [-0.2, -0.15) is 0 Å². The molecule has 1 aromatic heterocycles. The molecule has 1 aliphatic heterocycles. The summed E-state index contributed by atoms with van der Waals surface area (Å²) in [7, 11) is 0. The quantitative estimate of drug-likeness (QED) is 0.797. The third-order valence-electron chi connectivity index (χ3n) is 2.72. The molecule has 1 amide bonds. The first kappa shape index (κ1) is 14.9. The lowest BCUT2D eigenvalue weighted by molar-refractivity contribution is -0.114. The van der Waals surface area contributed by atoms with Crippen LogP contribution >= 0.6 is 11.3 Å². The Morgan fingerprint density at radius 3 is 3.37 bits per heavy atom. The minimum absolute atomic E-state index is 0.0927. The summed E-state index contributed by atoms with van der Waals surface area (Å²) in [5.74, 6) is -0.0927. The van der Waals surface area contributed by atoms with E-state index in [2.05, 4.69) is 31.8 Å². The first-order valence-corrected chi connectivity index (χ1v) is 7.34. The topological polar surface area (TPSA) is 63.7 Å². The van der Waals surface area contributed by atoms with Gasteiger partial charge < -0.3 is 13.8 Å². The van der Waals surface area contributed by atoms with Crippen molar-refractivity contribution in [3.63, 3.8) is 0 Å². The van der Waals surface area contributed by atoms with Gasteiger partial charge in [-0.1, -0.05) is 0 Å². The number of nitrogens with one attached hydrogen (secondary N) is 1. The molecule has 1 aliphatic rings. The number of carbonyl (C=O) groups is 1. The summed E-state index contributed by atoms with van der Waals surface area (Å²) in [5.41, 5.74) is 0. The van der Waals surface area contributed by atoms with Crippen molar-refractivity contribution in [2.75, 3.05) is 31.6 Å². The maximum atomic E-state index is 10.9. The lowest BCUT2D eigenvalue weighted by atomic mass is 10.3. The van der Waals surface area contributed by atoms with Crippen molar-refractivity contribution in [3.05, 3.63) is 11.1 Å². The molecule has 2 heterocycles. The highest BCUT2D eigenvalue weighted by Crippen LogP contribution is 2.20. The zero-order valence-electron chi connectivity index (χ0n) is 10.8. The second-order valence-electron chi connectivity index (χ2n) is 4.37. The van der Waals surface area contributed by atoms with Gasteiger partial charge in [0, 0.05) is 44.2 Å². The Morgan fingerprint density at radius 2 is 2.63 bits per heavy atom. The number of aromatic nitrogens is 1. The van der Waals surface area contributed by atoms with Crippen LogP contribution in [0.5, 0.6) is 0 Å². The Morgan fingerprint density at radius 1 is 1.79 bits per heavy atom. The van der Waals surface area contributed by atoms with E-state index in [1.165, 1.54) is 18.3 Å². The zero-order chi connectivity index (χ0) is 13.7. The summed E-state index contributed by atoms with van der Waals surface area (Å²) in [6.07, 6.45) is 1.93. The van der Waals surface area contributed by atoms with E-state index >= 15 is 0 Å². The Labute approximate surface area is 124 Å². The smallest absolute Gasteiger partial charge is 0.369 e. The van der Waals surface area contributed by atoms with Crippen molar-refractivity contribution in [1.29, 1.82) is 0 Å².